The summed E-state index contributed by atoms with van der Waals surface area (Å²) in [6.07, 6.45) is 2.02. The average molecular weight is 222 g/mol. The number of aromatic carboxylic acids is 1. The van der Waals surface area contributed by atoms with Gasteiger partial charge >= 0.3 is 12.1 Å². The number of amides is 1. The first-order valence-corrected chi connectivity index (χ1v) is 4.37. The molecule has 0 bridgehead atoms. The van der Waals surface area contributed by atoms with E-state index in [-0.39, 0.29) is 12.3 Å². The summed E-state index contributed by atoms with van der Waals surface area (Å²) >= 11 is 0. The number of rotatable bonds is 4. The van der Waals surface area contributed by atoms with Crippen molar-refractivity contribution >= 4 is 17.7 Å². The van der Waals surface area contributed by atoms with Gasteiger partial charge in [-0.15, -0.1) is 0 Å². The Morgan fingerprint density at radius 2 is 2.31 bits per heavy atom. The molecule has 6 nitrogen and oxygen atoms in total. The highest BCUT2D eigenvalue weighted by Gasteiger charge is 2.05. The van der Waals surface area contributed by atoms with Crippen molar-refractivity contribution in [3.8, 4) is 0 Å². The molecule has 0 unspecified atom stereocenters. The number of nitrogens with zero attached hydrogens (tertiary/aromatic N) is 1. The number of anilines is 1. The zero-order chi connectivity index (χ0) is 12.0. The van der Waals surface area contributed by atoms with Crippen molar-refractivity contribution in [3.63, 3.8) is 0 Å². The molecule has 0 aliphatic rings. The van der Waals surface area contributed by atoms with Gasteiger partial charge in [0.15, 0.2) is 0 Å². The molecule has 2 N–H and O–H groups in total. The quantitative estimate of drug-likeness (QED) is 0.754. The Bertz CT molecular complexity index is 400. The highest BCUT2D eigenvalue weighted by atomic mass is 16.5. The van der Waals surface area contributed by atoms with Gasteiger partial charge in [0, 0.05) is 0 Å². The Kier molecular flexibility index (Phi) is 4.02. The second-order valence-corrected chi connectivity index (χ2v) is 2.75. The molecule has 84 valence electrons. The molecule has 0 fully saturated rings. The predicted molar refractivity (Wildman–Crippen MR) is 56.4 cm³/mol. The first-order chi connectivity index (χ1) is 7.63. The van der Waals surface area contributed by atoms with Crippen LogP contribution in [0.15, 0.2) is 31.0 Å². The summed E-state index contributed by atoms with van der Waals surface area (Å²) in [6, 6.07) is 2.71. The summed E-state index contributed by atoms with van der Waals surface area (Å²) < 4.78 is 4.66. The normalized spacial score (nSPS) is 9.25. The van der Waals surface area contributed by atoms with Gasteiger partial charge in [-0.1, -0.05) is 12.7 Å². The number of pyridine rings is 1. The smallest absolute Gasteiger partial charge is 0.411 e. The van der Waals surface area contributed by atoms with Gasteiger partial charge < -0.3 is 9.84 Å². The summed E-state index contributed by atoms with van der Waals surface area (Å²) in [6.45, 7) is 3.49. The highest BCUT2D eigenvalue weighted by molar-refractivity contribution is 5.87. The van der Waals surface area contributed by atoms with E-state index in [0.29, 0.717) is 5.69 Å². The van der Waals surface area contributed by atoms with E-state index in [1.807, 2.05) is 0 Å². The number of carbonyl (C=O) groups is 2. The number of ether oxygens (including phenoxy) is 1. The van der Waals surface area contributed by atoms with Crippen LogP contribution in [0.4, 0.5) is 10.5 Å². The topological polar surface area (TPSA) is 88.5 Å². The Hall–Kier alpha value is -2.37. The molecular formula is C10H10N2O4. The second-order valence-electron chi connectivity index (χ2n) is 2.75. The van der Waals surface area contributed by atoms with Crippen molar-refractivity contribution in [2.24, 2.45) is 0 Å². The van der Waals surface area contributed by atoms with E-state index in [0.717, 1.165) is 0 Å². The molecular weight excluding hydrogens is 212 g/mol. The third kappa shape index (κ3) is 3.41. The lowest BCUT2D eigenvalue weighted by molar-refractivity contribution is 0.0690. The fraction of sp³-hybridized carbons (Fsp3) is 0.100. The van der Waals surface area contributed by atoms with Crippen molar-refractivity contribution in [1.29, 1.82) is 0 Å². The highest BCUT2D eigenvalue weighted by Crippen LogP contribution is 2.06. The Morgan fingerprint density at radius 3 is 2.81 bits per heavy atom. The molecule has 0 saturated carbocycles. The van der Waals surface area contributed by atoms with Gasteiger partial charge in [0.2, 0.25) is 0 Å². The van der Waals surface area contributed by atoms with Gasteiger partial charge in [0.05, 0.1) is 11.9 Å². The number of nitrogens with one attached hydrogen (secondary N) is 1. The van der Waals surface area contributed by atoms with Gasteiger partial charge in [0.1, 0.15) is 12.3 Å². The zero-order valence-corrected chi connectivity index (χ0v) is 8.34. The van der Waals surface area contributed by atoms with Crippen LogP contribution < -0.4 is 5.32 Å². The van der Waals surface area contributed by atoms with Gasteiger partial charge in [-0.2, -0.15) is 0 Å². The number of aromatic nitrogens is 1. The van der Waals surface area contributed by atoms with Gasteiger partial charge in [0.25, 0.3) is 0 Å². The second kappa shape index (κ2) is 5.50. The molecule has 0 radical (unpaired) electrons. The van der Waals surface area contributed by atoms with Crippen LogP contribution in [0.3, 0.4) is 0 Å². The van der Waals surface area contributed by atoms with Crippen LogP contribution in [-0.2, 0) is 4.74 Å². The van der Waals surface area contributed by atoms with Gasteiger partial charge in [-0.05, 0) is 12.1 Å². The molecule has 0 atom stereocenters. The zero-order valence-electron chi connectivity index (χ0n) is 8.34. The van der Waals surface area contributed by atoms with E-state index in [1.165, 1.54) is 24.4 Å². The summed E-state index contributed by atoms with van der Waals surface area (Å²) in [7, 11) is 0. The fourth-order valence-corrected chi connectivity index (χ4v) is 0.883. The molecule has 1 amide bonds. The largest absolute Gasteiger partial charge is 0.477 e. The molecule has 0 aliphatic heterocycles. The molecule has 0 aromatic carbocycles. The van der Waals surface area contributed by atoms with E-state index in [2.05, 4.69) is 21.6 Å². The van der Waals surface area contributed by atoms with E-state index >= 15 is 0 Å². The van der Waals surface area contributed by atoms with Crippen LogP contribution in [0.5, 0.6) is 0 Å². The standard InChI is InChI=1S/C10H10N2O4/c1-2-5-16-10(15)12-7-3-4-8(9(13)14)11-6-7/h2-4,6H,1,5H2,(H,12,15)(H,13,14). The lowest BCUT2D eigenvalue weighted by atomic mass is 10.3. The third-order valence-electron chi connectivity index (χ3n) is 1.56. The molecule has 0 spiro atoms. The third-order valence-corrected chi connectivity index (χ3v) is 1.56. The minimum atomic E-state index is -1.12. The van der Waals surface area contributed by atoms with Crippen molar-refractivity contribution in [1.82, 2.24) is 4.98 Å². The number of hydrogen-bond acceptors (Lipinski definition) is 4. The van der Waals surface area contributed by atoms with Crippen molar-refractivity contribution in [2.75, 3.05) is 11.9 Å². The lowest BCUT2D eigenvalue weighted by Gasteiger charge is -2.04. The molecule has 1 heterocycles. The molecule has 1 aromatic rings. The minimum Gasteiger partial charge on any atom is -0.477 e. The van der Waals surface area contributed by atoms with Crippen LogP contribution in [0.2, 0.25) is 0 Å². The van der Waals surface area contributed by atoms with Crippen LogP contribution in [-0.4, -0.2) is 28.8 Å². The van der Waals surface area contributed by atoms with Crippen LogP contribution in [0.1, 0.15) is 10.5 Å². The molecule has 16 heavy (non-hydrogen) atoms. The minimum absolute atomic E-state index is 0.0926. The number of carboxylic acid groups (broad SMARTS) is 1. The molecule has 1 rings (SSSR count). The summed E-state index contributed by atoms with van der Waals surface area (Å²) in [5.41, 5.74) is 0.268. The lowest BCUT2D eigenvalue weighted by Crippen LogP contribution is -2.14. The van der Waals surface area contributed by atoms with Crippen LogP contribution in [0.25, 0.3) is 0 Å². The number of carboxylic acids is 1. The maximum absolute atomic E-state index is 11.1. The van der Waals surface area contributed by atoms with Crippen molar-refractivity contribution in [3.05, 3.63) is 36.7 Å². The number of carbonyl (C=O) groups excluding carboxylic acids is 1. The summed E-state index contributed by atoms with van der Waals surface area (Å²) in [4.78, 5) is 25.2. The maximum Gasteiger partial charge on any atom is 0.411 e. The Balaban J connectivity index is 2.58. The molecule has 1 aromatic heterocycles. The first-order valence-electron chi connectivity index (χ1n) is 4.37. The SMILES string of the molecule is C=CCOC(=O)Nc1ccc(C(=O)O)nc1. The van der Waals surface area contributed by atoms with Gasteiger partial charge in [-0.3, -0.25) is 5.32 Å². The van der Waals surface area contributed by atoms with Crippen LogP contribution in [0, 0.1) is 0 Å². The van der Waals surface area contributed by atoms with E-state index in [9.17, 15) is 9.59 Å². The molecule has 6 heteroatoms. The van der Waals surface area contributed by atoms with E-state index in [4.69, 9.17) is 5.11 Å². The Labute approximate surface area is 91.6 Å². The average Bonchev–Trinajstić information content (AvgIpc) is 2.27. The first kappa shape index (κ1) is 11.7. The van der Waals surface area contributed by atoms with Crippen molar-refractivity contribution < 1.29 is 19.4 Å². The van der Waals surface area contributed by atoms with E-state index in [1.54, 1.807) is 0 Å². The Morgan fingerprint density at radius 1 is 1.56 bits per heavy atom. The van der Waals surface area contributed by atoms with Crippen molar-refractivity contribution in [2.45, 2.75) is 0 Å². The predicted octanol–water partition coefficient (Wildman–Crippen LogP) is 1.51. The van der Waals surface area contributed by atoms with E-state index < -0.39 is 12.1 Å². The fourth-order valence-electron chi connectivity index (χ4n) is 0.883. The van der Waals surface area contributed by atoms with Crippen LogP contribution >= 0.6 is 0 Å². The summed E-state index contributed by atoms with van der Waals surface area (Å²) in [5, 5.41) is 11.0. The maximum atomic E-state index is 11.1. The molecule has 0 aliphatic carbocycles. The summed E-state index contributed by atoms with van der Waals surface area (Å²) in [5.74, 6) is -1.12. The molecule has 0 saturated heterocycles. The monoisotopic (exact) mass is 222 g/mol. The van der Waals surface area contributed by atoms with Gasteiger partial charge in [-0.25, -0.2) is 14.6 Å². The number of hydrogen-bond donors (Lipinski definition) is 2.